The Morgan fingerprint density at radius 3 is 1.00 bits per heavy atom. The Hall–Kier alpha value is -1.37. The van der Waals surface area contributed by atoms with Crippen LogP contribution in [0.3, 0.4) is 0 Å². The minimum absolute atomic E-state index is 0.126. The first kappa shape index (κ1) is 35.6. The predicted octanol–water partition coefficient (Wildman–Crippen LogP) is 8.48. The summed E-state index contributed by atoms with van der Waals surface area (Å²) in [6.07, 6.45) is 21.8. The van der Waals surface area contributed by atoms with Gasteiger partial charge in [0.15, 0.2) is 0 Å². The molecule has 0 aliphatic rings. The van der Waals surface area contributed by atoms with Gasteiger partial charge in [0.1, 0.15) is 0 Å². The van der Waals surface area contributed by atoms with Crippen LogP contribution >= 0.6 is 11.8 Å². The molecule has 0 aromatic heterocycles. The quantitative estimate of drug-likeness (QED) is 0.0615. The molecule has 7 heteroatoms. The fourth-order valence-electron chi connectivity index (χ4n) is 4.03. The van der Waals surface area contributed by atoms with E-state index in [1.165, 1.54) is 88.8 Å². The summed E-state index contributed by atoms with van der Waals surface area (Å²) in [6, 6.07) is 0. The van der Waals surface area contributed by atoms with Crippen molar-refractivity contribution in [1.82, 2.24) is 0 Å². The first-order chi connectivity index (χ1) is 18.0. The van der Waals surface area contributed by atoms with Crippen LogP contribution in [0.4, 0.5) is 0 Å². The second kappa shape index (κ2) is 27.7. The smallest absolute Gasteiger partial charge is 0.314 e. The number of rotatable bonds is 26. The van der Waals surface area contributed by atoms with E-state index in [1.807, 2.05) is 0 Å². The molecule has 0 saturated carbocycles. The van der Waals surface area contributed by atoms with E-state index in [0.717, 1.165) is 38.5 Å². The topological polar surface area (TPSA) is 86.7 Å². The van der Waals surface area contributed by atoms with Crippen LogP contribution in [-0.2, 0) is 28.7 Å². The van der Waals surface area contributed by atoms with Gasteiger partial charge in [0, 0.05) is 24.3 Å². The molecule has 0 aliphatic heterocycles. The Morgan fingerprint density at radius 2 is 0.676 bits per heavy atom. The fourth-order valence-corrected chi connectivity index (χ4v) is 4.86. The van der Waals surface area contributed by atoms with Gasteiger partial charge in [-0.2, -0.15) is 11.8 Å². The summed E-state index contributed by atoms with van der Waals surface area (Å²) in [5.41, 5.74) is 0. The van der Waals surface area contributed by atoms with Gasteiger partial charge in [-0.05, 0) is 12.8 Å². The molecule has 0 heterocycles. The van der Waals surface area contributed by atoms with Crippen LogP contribution < -0.4 is 0 Å². The molecule has 0 rings (SSSR count). The van der Waals surface area contributed by atoms with E-state index in [0.29, 0.717) is 11.5 Å². The Bertz CT molecular complexity index is 543. The predicted molar refractivity (Wildman–Crippen MR) is 152 cm³/mol. The van der Waals surface area contributed by atoms with Crippen LogP contribution in [-0.4, -0.2) is 35.4 Å². The maximum atomic E-state index is 11.8. The molecule has 0 aromatic rings. The third-order valence-electron chi connectivity index (χ3n) is 6.33. The van der Waals surface area contributed by atoms with Gasteiger partial charge in [-0.25, -0.2) is 0 Å². The second-order valence-electron chi connectivity index (χ2n) is 9.96. The minimum Gasteiger partial charge on any atom is -0.393 e. The molecule has 0 N–H and O–H groups in total. The third-order valence-corrected chi connectivity index (χ3v) is 7.31. The lowest BCUT2D eigenvalue weighted by Crippen LogP contribution is -2.14. The highest BCUT2D eigenvalue weighted by atomic mass is 32.2. The van der Waals surface area contributed by atoms with Crippen molar-refractivity contribution in [3.63, 3.8) is 0 Å². The molecule has 0 bridgehead atoms. The Balaban J connectivity index is 3.53. The highest BCUT2D eigenvalue weighted by Gasteiger charge is 2.12. The van der Waals surface area contributed by atoms with Crippen molar-refractivity contribution >= 4 is 35.6 Å². The highest BCUT2D eigenvalue weighted by Crippen LogP contribution is 2.13. The maximum Gasteiger partial charge on any atom is 0.314 e. The van der Waals surface area contributed by atoms with Crippen molar-refractivity contribution < 1.29 is 28.7 Å². The lowest BCUT2D eigenvalue weighted by atomic mass is 10.1. The zero-order chi connectivity index (χ0) is 27.4. The van der Waals surface area contributed by atoms with Crippen LogP contribution in [0.25, 0.3) is 0 Å². The summed E-state index contributed by atoms with van der Waals surface area (Å²) >= 11 is 1.41. The largest absolute Gasteiger partial charge is 0.393 e. The molecule has 6 nitrogen and oxygen atoms in total. The van der Waals surface area contributed by atoms with Crippen molar-refractivity contribution in [3.05, 3.63) is 0 Å². The number of hydrogen-bond acceptors (Lipinski definition) is 7. The average Bonchev–Trinajstić information content (AvgIpc) is 2.86. The van der Waals surface area contributed by atoms with Gasteiger partial charge in [-0.1, -0.05) is 117 Å². The lowest BCUT2D eigenvalue weighted by molar-refractivity contribution is -0.161. The highest BCUT2D eigenvalue weighted by molar-refractivity contribution is 7.99. The van der Waals surface area contributed by atoms with E-state index in [2.05, 4.69) is 13.8 Å². The molecule has 0 saturated heterocycles. The zero-order valence-electron chi connectivity index (χ0n) is 23.8. The lowest BCUT2D eigenvalue weighted by Gasteiger charge is -2.05. The van der Waals surface area contributed by atoms with E-state index in [-0.39, 0.29) is 25.7 Å². The number of hydrogen-bond donors (Lipinski definition) is 0. The van der Waals surface area contributed by atoms with Crippen LogP contribution in [0.15, 0.2) is 0 Å². The van der Waals surface area contributed by atoms with Gasteiger partial charge in [-0.3, -0.25) is 19.2 Å². The van der Waals surface area contributed by atoms with Crippen LogP contribution in [0, 0.1) is 0 Å². The van der Waals surface area contributed by atoms with Crippen molar-refractivity contribution in [1.29, 1.82) is 0 Å². The summed E-state index contributed by atoms with van der Waals surface area (Å²) in [4.78, 5) is 47.1. The Morgan fingerprint density at radius 1 is 0.405 bits per heavy atom. The number of carbonyl (C=O) groups excluding carboxylic acids is 4. The van der Waals surface area contributed by atoms with E-state index in [1.54, 1.807) is 0 Å². The van der Waals surface area contributed by atoms with Gasteiger partial charge in [-0.15, -0.1) is 0 Å². The van der Waals surface area contributed by atoms with Crippen molar-refractivity contribution in [2.45, 2.75) is 155 Å². The van der Waals surface area contributed by atoms with Crippen molar-refractivity contribution in [2.75, 3.05) is 11.5 Å². The number of ether oxygens (including phenoxy) is 2. The van der Waals surface area contributed by atoms with E-state index >= 15 is 0 Å². The molecule has 0 atom stereocenters. The van der Waals surface area contributed by atoms with Crippen molar-refractivity contribution in [2.24, 2.45) is 0 Å². The molecular weight excluding hydrogens is 488 g/mol. The Kier molecular flexibility index (Phi) is 26.6. The fraction of sp³-hybridized carbons (Fsp3) is 0.867. The summed E-state index contributed by atoms with van der Waals surface area (Å²) in [6.45, 7) is 4.43. The first-order valence-corrected chi connectivity index (χ1v) is 16.2. The molecule has 0 unspecified atom stereocenters. The molecule has 37 heavy (non-hydrogen) atoms. The second-order valence-corrected chi connectivity index (χ2v) is 11.2. The van der Waals surface area contributed by atoms with Gasteiger partial charge >= 0.3 is 23.9 Å². The molecule has 0 fully saturated rings. The minimum atomic E-state index is -0.521. The molecule has 0 spiro atoms. The SMILES string of the molecule is CCCCCCCCCCCC(=O)OC(=O)CCSCCC(=O)OC(=O)CCCCCCCCCCC. The average molecular weight is 543 g/mol. The number of thioether (sulfide) groups is 1. The van der Waals surface area contributed by atoms with Gasteiger partial charge in [0.2, 0.25) is 0 Å². The number of unbranched alkanes of at least 4 members (excludes halogenated alkanes) is 16. The summed E-state index contributed by atoms with van der Waals surface area (Å²) in [7, 11) is 0. The Labute approximate surface area is 230 Å². The summed E-state index contributed by atoms with van der Waals surface area (Å²) < 4.78 is 9.72. The molecule has 216 valence electrons. The van der Waals surface area contributed by atoms with Gasteiger partial charge in [0.05, 0.1) is 12.8 Å². The summed E-state index contributed by atoms with van der Waals surface area (Å²) in [5, 5.41) is 0. The monoisotopic (exact) mass is 542 g/mol. The maximum absolute atomic E-state index is 11.8. The molecule has 0 radical (unpaired) electrons. The standard InChI is InChI=1S/C30H54O6S/c1-3-5-7-9-11-13-15-17-19-21-27(31)35-29(33)23-25-37-26-24-30(34)36-28(32)22-20-18-16-14-12-10-8-6-4-2/h3-26H2,1-2H3. The number of esters is 4. The van der Waals surface area contributed by atoms with Gasteiger partial charge in [0.25, 0.3) is 0 Å². The molecule has 0 aromatic carbocycles. The van der Waals surface area contributed by atoms with Crippen LogP contribution in [0.5, 0.6) is 0 Å². The molecule has 0 aliphatic carbocycles. The van der Waals surface area contributed by atoms with Crippen LogP contribution in [0.2, 0.25) is 0 Å². The van der Waals surface area contributed by atoms with Crippen molar-refractivity contribution in [3.8, 4) is 0 Å². The first-order valence-electron chi connectivity index (χ1n) is 15.0. The summed E-state index contributed by atoms with van der Waals surface area (Å²) in [5.74, 6) is -1.02. The van der Waals surface area contributed by atoms with E-state index in [4.69, 9.17) is 9.47 Å². The van der Waals surface area contributed by atoms with Gasteiger partial charge < -0.3 is 9.47 Å². The molecular formula is C30H54O6S. The normalized spacial score (nSPS) is 10.9. The number of carbonyl (C=O) groups is 4. The van der Waals surface area contributed by atoms with Crippen LogP contribution in [0.1, 0.15) is 155 Å². The molecule has 0 amide bonds. The van der Waals surface area contributed by atoms with E-state index in [9.17, 15) is 19.2 Å². The third kappa shape index (κ3) is 27.5. The van der Waals surface area contributed by atoms with E-state index < -0.39 is 23.9 Å². The zero-order valence-corrected chi connectivity index (χ0v) is 24.6.